The molecule has 0 saturated carbocycles. The molecule has 0 aliphatic heterocycles. The van der Waals surface area contributed by atoms with Crippen molar-refractivity contribution in [3.05, 3.63) is 54.0 Å². The third-order valence-corrected chi connectivity index (χ3v) is 3.74. The van der Waals surface area contributed by atoms with E-state index in [1.165, 1.54) is 5.56 Å². The van der Waals surface area contributed by atoms with Gasteiger partial charge in [0.15, 0.2) is 5.65 Å². The molecule has 1 aromatic carbocycles. The number of rotatable bonds is 4. The number of nitrogens with zero attached hydrogens (tertiary/aromatic N) is 3. The number of ether oxygens (including phenoxy) is 1. The van der Waals surface area contributed by atoms with Gasteiger partial charge in [0.2, 0.25) is 0 Å². The van der Waals surface area contributed by atoms with Gasteiger partial charge in [-0.15, -0.1) is 0 Å². The van der Waals surface area contributed by atoms with Gasteiger partial charge in [-0.25, -0.2) is 9.97 Å². The van der Waals surface area contributed by atoms with E-state index in [1.807, 2.05) is 30.5 Å². The Labute approximate surface area is 137 Å². The lowest BCUT2D eigenvalue weighted by atomic mass is 9.96. The zero-order valence-corrected chi connectivity index (χ0v) is 14.2. The molecule has 120 valence electrons. The number of fused-ring (bicyclic) bond motifs is 1. The summed E-state index contributed by atoms with van der Waals surface area (Å²) in [5, 5.41) is 0. The standard InChI is InChI=1S/C19H23N3O/c1-19(2,3)13-22-17(21-16-6-5-11-20-18(16)22)12-14-7-9-15(23-4)10-8-14/h5-11H,12-13H2,1-4H3. The highest BCUT2D eigenvalue weighted by Gasteiger charge is 2.18. The summed E-state index contributed by atoms with van der Waals surface area (Å²) in [6.07, 6.45) is 2.62. The predicted octanol–water partition coefficient (Wildman–Crippen LogP) is 4.08. The fourth-order valence-corrected chi connectivity index (χ4v) is 2.71. The molecule has 3 rings (SSSR count). The highest BCUT2D eigenvalue weighted by molar-refractivity contribution is 5.71. The molecule has 0 aliphatic rings. The fourth-order valence-electron chi connectivity index (χ4n) is 2.71. The zero-order valence-electron chi connectivity index (χ0n) is 14.2. The predicted molar refractivity (Wildman–Crippen MR) is 92.8 cm³/mol. The van der Waals surface area contributed by atoms with Gasteiger partial charge in [-0.1, -0.05) is 32.9 Å². The van der Waals surface area contributed by atoms with Crippen LogP contribution in [0.1, 0.15) is 32.2 Å². The van der Waals surface area contributed by atoms with Crippen LogP contribution in [-0.4, -0.2) is 21.6 Å². The minimum Gasteiger partial charge on any atom is -0.497 e. The van der Waals surface area contributed by atoms with Crippen LogP contribution in [0, 0.1) is 5.41 Å². The van der Waals surface area contributed by atoms with Gasteiger partial charge in [-0.2, -0.15) is 0 Å². The summed E-state index contributed by atoms with van der Waals surface area (Å²) in [6, 6.07) is 12.1. The lowest BCUT2D eigenvalue weighted by Crippen LogP contribution is -2.18. The van der Waals surface area contributed by atoms with Crippen LogP contribution in [0.5, 0.6) is 5.75 Å². The normalized spacial score (nSPS) is 11.8. The maximum Gasteiger partial charge on any atom is 0.160 e. The van der Waals surface area contributed by atoms with Crippen molar-refractivity contribution in [1.82, 2.24) is 14.5 Å². The molecule has 23 heavy (non-hydrogen) atoms. The molecule has 0 bridgehead atoms. The third kappa shape index (κ3) is 3.52. The van der Waals surface area contributed by atoms with Crippen molar-refractivity contribution in [2.45, 2.75) is 33.7 Å². The van der Waals surface area contributed by atoms with Crippen molar-refractivity contribution in [3.8, 4) is 5.75 Å². The first-order valence-corrected chi connectivity index (χ1v) is 7.89. The Morgan fingerprint density at radius 3 is 2.48 bits per heavy atom. The zero-order chi connectivity index (χ0) is 16.4. The Morgan fingerprint density at radius 2 is 1.83 bits per heavy atom. The molecule has 4 nitrogen and oxygen atoms in total. The number of aromatic nitrogens is 3. The Bertz CT molecular complexity index is 798. The fraction of sp³-hybridized carbons (Fsp3) is 0.368. The number of imidazole rings is 1. The number of pyridine rings is 1. The second-order valence-electron chi connectivity index (χ2n) is 7.05. The minimum absolute atomic E-state index is 0.166. The Hall–Kier alpha value is -2.36. The molecule has 4 heteroatoms. The van der Waals surface area contributed by atoms with E-state index in [0.29, 0.717) is 0 Å². The van der Waals surface area contributed by atoms with Crippen LogP contribution in [0.15, 0.2) is 42.6 Å². The number of benzene rings is 1. The lowest BCUT2D eigenvalue weighted by Gasteiger charge is -2.21. The third-order valence-electron chi connectivity index (χ3n) is 3.74. The molecule has 0 unspecified atom stereocenters. The molecular formula is C19H23N3O. The Balaban J connectivity index is 1.99. The van der Waals surface area contributed by atoms with E-state index >= 15 is 0 Å². The molecular weight excluding hydrogens is 286 g/mol. The maximum atomic E-state index is 5.23. The van der Waals surface area contributed by atoms with E-state index in [-0.39, 0.29) is 5.41 Å². The van der Waals surface area contributed by atoms with Crippen LogP contribution in [0.4, 0.5) is 0 Å². The topological polar surface area (TPSA) is 39.9 Å². The quantitative estimate of drug-likeness (QED) is 0.729. The molecule has 0 aliphatic carbocycles. The van der Waals surface area contributed by atoms with Crippen molar-refractivity contribution in [2.75, 3.05) is 7.11 Å². The van der Waals surface area contributed by atoms with Gasteiger partial charge in [0.25, 0.3) is 0 Å². The van der Waals surface area contributed by atoms with E-state index in [4.69, 9.17) is 9.72 Å². The Kier molecular flexibility index (Phi) is 4.07. The average molecular weight is 309 g/mol. The summed E-state index contributed by atoms with van der Waals surface area (Å²) >= 11 is 0. The first-order valence-electron chi connectivity index (χ1n) is 7.89. The summed E-state index contributed by atoms with van der Waals surface area (Å²) in [6.45, 7) is 7.60. The maximum absolute atomic E-state index is 5.23. The first-order chi connectivity index (χ1) is 11.0. The van der Waals surface area contributed by atoms with Crippen molar-refractivity contribution in [2.24, 2.45) is 5.41 Å². The van der Waals surface area contributed by atoms with Gasteiger partial charge in [-0.05, 0) is 35.2 Å². The molecule has 2 heterocycles. The molecule has 0 amide bonds. The molecule has 0 spiro atoms. The summed E-state index contributed by atoms with van der Waals surface area (Å²) in [7, 11) is 1.68. The molecule has 2 aromatic heterocycles. The van der Waals surface area contributed by atoms with Gasteiger partial charge >= 0.3 is 0 Å². The number of hydrogen-bond acceptors (Lipinski definition) is 3. The van der Waals surface area contributed by atoms with Crippen LogP contribution in [-0.2, 0) is 13.0 Å². The van der Waals surface area contributed by atoms with Gasteiger partial charge in [0.1, 0.15) is 17.1 Å². The minimum atomic E-state index is 0.166. The molecule has 0 saturated heterocycles. The first kappa shape index (κ1) is 15.5. The molecule has 0 fully saturated rings. The van der Waals surface area contributed by atoms with Crippen LogP contribution >= 0.6 is 0 Å². The number of methoxy groups -OCH3 is 1. The van der Waals surface area contributed by atoms with Crippen molar-refractivity contribution in [3.63, 3.8) is 0 Å². The second kappa shape index (κ2) is 6.03. The molecule has 3 aromatic rings. The second-order valence-corrected chi connectivity index (χ2v) is 7.05. The molecule has 0 atom stereocenters. The van der Waals surface area contributed by atoms with Crippen LogP contribution < -0.4 is 4.74 Å². The SMILES string of the molecule is COc1ccc(Cc2nc3cccnc3n2CC(C)(C)C)cc1. The lowest BCUT2D eigenvalue weighted by molar-refractivity contribution is 0.343. The van der Waals surface area contributed by atoms with Gasteiger partial charge in [-0.3, -0.25) is 0 Å². The summed E-state index contributed by atoms with van der Waals surface area (Å²) in [5.41, 5.74) is 3.31. The largest absolute Gasteiger partial charge is 0.497 e. The van der Waals surface area contributed by atoms with Gasteiger partial charge in [0, 0.05) is 19.2 Å². The highest BCUT2D eigenvalue weighted by Crippen LogP contribution is 2.24. The Morgan fingerprint density at radius 1 is 1.09 bits per heavy atom. The summed E-state index contributed by atoms with van der Waals surface area (Å²) in [4.78, 5) is 9.34. The van der Waals surface area contributed by atoms with Crippen LogP contribution in [0.2, 0.25) is 0 Å². The number of hydrogen-bond donors (Lipinski definition) is 0. The van der Waals surface area contributed by atoms with Crippen molar-refractivity contribution < 1.29 is 4.74 Å². The molecule has 0 N–H and O–H groups in total. The van der Waals surface area contributed by atoms with Crippen molar-refractivity contribution in [1.29, 1.82) is 0 Å². The summed E-state index contributed by atoms with van der Waals surface area (Å²) in [5.74, 6) is 1.93. The summed E-state index contributed by atoms with van der Waals surface area (Å²) < 4.78 is 7.48. The smallest absolute Gasteiger partial charge is 0.160 e. The van der Waals surface area contributed by atoms with E-state index in [2.05, 4.69) is 42.5 Å². The monoisotopic (exact) mass is 309 g/mol. The van der Waals surface area contributed by atoms with E-state index in [0.717, 1.165) is 35.7 Å². The van der Waals surface area contributed by atoms with E-state index in [1.54, 1.807) is 7.11 Å². The van der Waals surface area contributed by atoms with E-state index < -0.39 is 0 Å². The average Bonchev–Trinajstić information content (AvgIpc) is 2.84. The van der Waals surface area contributed by atoms with Crippen LogP contribution in [0.25, 0.3) is 11.2 Å². The van der Waals surface area contributed by atoms with E-state index in [9.17, 15) is 0 Å². The highest BCUT2D eigenvalue weighted by atomic mass is 16.5. The van der Waals surface area contributed by atoms with Gasteiger partial charge < -0.3 is 9.30 Å². The van der Waals surface area contributed by atoms with Crippen LogP contribution in [0.3, 0.4) is 0 Å². The molecule has 0 radical (unpaired) electrons. The van der Waals surface area contributed by atoms with Crippen molar-refractivity contribution >= 4 is 11.2 Å². The van der Waals surface area contributed by atoms with Gasteiger partial charge in [0.05, 0.1) is 7.11 Å².